The number of benzene rings is 2. The lowest BCUT2D eigenvalue weighted by molar-refractivity contribution is -0.108. The van der Waals surface area contributed by atoms with Crippen LogP contribution in [0.2, 0.25) is 0 Å². The van der Waals surface area contributed by atoms with Crippen LogP contribution in [0.15, 0.2) is 42.5 Å². The van der Waals surface area contributed by atoms with Crippen LogP contribution in [0.5, 0.6) is 5.75 Å². The molecule has 1 saturated carbocycles. The lowest BCUT2D eigenvalue weighted by atomic mass is 10.1. The Morgan fingerprint density at radius 2 is 2.00 bits per heavy atom. The van der Waals surface area contributed by atoms with Crippen molar-refractivity contribution in [2.45, 2.75) is 25.4 Å². The third-order valence-corrected chi connectivity index (χ3v) is 5.31. The highest BCUT2D eigenvalue weighted by Gasteiger charge is 2.31. The summed E-state index contributed by atoms with van der Waals surface area (Å²) in [6.45, 7) is 1.23. The monoisotopic (exact) mass is 411 g/mol. The van der Waals surface area contributed by atoms with Gasteiger partial charge in [-0.05, 0) is 54.2 Å². The fourth-order valence-electron chi connectivity index (χ4n) is 3.48. The molecule has 2 aliphatic rings. The summed E-state index contributed by atoms with van der Waals surface area (Å²) in [7, 11) is 0. The third-order valence-electron chi connectivity index (χ3n) is 5.31. The molecule has 2 N–H and O–H groups in total. The topological polar surface area (TPSA) is 87.7 Å². The lowest BCUT2D eigenvalue weighted by Crippen LogP contribution is -2.42. The first kappa shape index (κ1) is 19.9. The van der Waals surface area contributed by atoms with Gasteiger partial charge in [0, 0.05) is 18.7 Å². The first-order valence-corrected chi connectivity index (χ1v) is 9.84. The van der Waals surface area contributed by atoms with E-state index in [-0.39, 0.29) is 18.9 Å². The van der Waals surface area contributed by atoms with E-state index < -0.39 is 17.9 Å². The fourth-order valence-corrected chi connectivity index (χ4v) is 3.48. The van der Waals surface area contributed by atoms with Crippen LogP contribution in [0.3, 0.4) is 0 Å². The van der Waals surface area contributed by atoms with Crippen LogP contribution in [0.4, 0.5) is 9.18 Å². The van der Waals surface area contributed by atoms with E-state index in [1.165, 1.54) is 25.0 Å². The number of imide groups is 1. The van der Waals surface area contributed by atoms with Crippen molar-refractivity contribution in [2.24, 2.45) is 5.92 Å². The molecule has 1 fully saturated rings. The van der Waals surface area contributed by atoms with Crippen LogP contribution >= 0.6 is 0 Å². The number of carbonyl (C=O) groups is 3. The van der Waals surface area contributed by atoms with Gasteiger partial charge in [-0.15, -0.1) is 0 Å². The first-order valence-electron chi connectivity index (χ1n) is 9.84. The van der Waals surface area contributed by atoms with Gasteiger partial charge in [0.2, 0.25) is 6.41 Å². The van der Waals surface area contributed by atoms with Crippen LogP contribution in [0.25, 0.3) is 0 Å². The van der Waals surface area contributed by atoms with Crippen molar-refractivity contribution in [3.8, 4) is 5.75 Å². The number of ether oxygens (including phenoxy) is 1. The number of urea groups is 1. The number of rotatable bonds is 8. The predicted octanol–water partition coefficient (Wildman–Crippen LogP) is 2.77. The maximum Gasteiger partial charge on any atom is 0.321 e. The zero-order valence-electron chi connectivity index (χ0n) is 16.3. The highest BCUT2D eigenvalue weighted by Crippen LogP contribution is 2.32. The molecule has 1 heterocycles. The molecular weight excluding hydrogens is 389 g/mol. The zero-order chi connectivity index (χ0) is 21.1. The summed E-state index contributed by atoms with van der Waals surface area (Å²) in [4.78, 5) is 37.0. The van der Waals surface area contributed by atoms with Crippen LogP contribution in [-0.2, 0) is 11.3 Å². The molecule has 30 heavy (non-hydrogen) atoms. The zero-order valence-corrected chi connectivity index (χ0v) is 16.3. The smallest absolute Gasteiger partial charge is 0.321 e. The summed E-state index contributed by atoms with van der Waals surface area (Å²) in [5.74, 6) is 0.727. The highest BCUT2D eigenvalue weighted by molar-refractivity contribution is 5.98. The summed E-state index contributed by atoms with van der Waals surface area (Å²) in [6.07, 6.45) is 2.65. The van der Waals surface area contributed by atoms with Gasteiger partial charge in [-0.1, -0.05) is 18.2 Å². The number of nitrogens with zero attached hydrogens (tertiary/aromatic N) is 1. The Hall–Kier alpha value is -3.42. The molecule has 4 amide bonds. The average Bonchev–Trinajstić information content (AvgIpc) is 3.51. The molecule has 0 unspecified atom stereocenters. The van der Waals surface area contributed by atoms with Crippen molar-refractivity contribution in [3.63, 3.8) is 0 Å². The lowest BCUT2D eigenvalue weighted by Gasteiger charge is -2.25. The van der Waals surface area contributed by atoms with Gasteiger partial charge in [0.1, 0.15) is 11.6 Å². The molecule has 0 radical (unpaired) electrons. The Labute approximate surface area is 173 Å². The summed E-state index contributed by atoms with van der Waals surface area (Å²) in [5.41, 5.74) is 2.09. The minimum absolute atomic E-state index is 0.161. The predicted molar refractivity (Wildman–Crippen MR) is 106 cm³/mol. The van der Waals surface area contributed by atoms with Crippen molar-refractivity contribution in [3.05, 3.63) is 65.0 Å². The molecule has 4 rings (SSSR count). The summed E-state index contributed by atoms with van der Waals surface area (Å²) < 4.78 is 19.1. The molecule has 2 aromatic carbocycles. The Balaban J connectivity index is 1.48. The van der Waals surface area contributed by atoms with Crippen molar-refractivity contribution >= 4 is 18.3 Å². The number of hydrogen-bond donors (Lipinski definition) is 2. The van der Waals surface area contributed by atoms with E-state index in [0.717, 1.165) is 5.56 Å². The molecule has 0 bridgehead atoms. The van der Waals surface area contributed by atoms with Crippen molar-refractivity contribution < 1.29 is 23.5 Å². The van der Waals surface area contributed by atoms with Crippen molar-refractivity contribution in [2.75, 3.05) is 13.2 Å². The number of halogens is 1. The quantitative estimate of drug-likeness (QED) is 0.654. The molecule has 1 aliphatic heterocycles. The Morgan fingerprint density at radius 1 is 1.23 bits per heavy atom. The van der Waals surface area contributed by atoms with E-state index in [9.17, 15) is 18.8 Å². The number of amides is 4. The Bertz CT molecular complexity index is 959. The molecule has 1 aliphatic carbocycles. The average molecular weight is 411 g/mol. The van der Waals surface area contributed by atoms with Crippen LogP contribution in [-0.4, -0.2) is 36.4 Å². The number of fused-ring (bicyclic) bond motifs is 1. The second-order valence-electron chi connectivity index (χ2n) is 7.60. The van der Waals surface area contributed by atoms with Crippen LogP contribution in [0, 0.1) is 11.7 Å². The van der Waals surface area contributed by atoms with Crippen molar-refractivity contribution in [1.82, 2.24) is 15.5 Å². The minimum Gasteiger partial charge on any atom is -0.493 e. The molecule has 0 aromatic heterocycles. The van der Waals surface area contributed by atoms with Gasteiger partial charge >= 0.3 is 6.03 Å². The van der Waals surface area contributed by atoms with Gasteiger partial charge in [0.25, 0.3) is 5.91 Å². The van der Waals surface area contributed by atoms with E-state index in [2.05, 4.69) is 5.32 Å². The van der Waals surface area contributed by atoms with Crippen LogP contribution in [0.1, 0.15) is 40.4 Å². The van der Waals surface area contributed by atoms with Gasteiger partial charge < -0.3 is 15.0 Å². The van der Waals surface area contributed by atoms with E-state index in [1.54, 1.807) is 23.1 Å². The van der Waals surface area contributed by atoms with E-state index in [4.69, 9.17) is 4.74 Å². The molecule has 0 spiro atoms. The number of carbonyl (C=O) groups excluding carboxylic acids is 3. The molecule has 156 valence electrons. The summed E-state index contributed by atoms with van der Waals surface area (Å²) in [5, 5.41) is 4.68. The van der Waals surface area contributed by atoms with Gasteiger partial charge in [0.15, 0.2) is 0 Å². The van der Waals surface area contributed by atoms with E-state index in [0.29, 0.717) is 35.9 Å². The van der Waals surface area contributed by atoms with Gasteiger partial charge in [-0.3, -0.25) is 14.9 Å². The molecular formula is C22H22FN3O4. The Morgan fingerprint density at radius 3 is 2.70 bits per heavy atom. The van der Waals surface area contributed by atoms with Crippen LogP contribution < -0.4 is 15.4 Å². The third kappa shape index (κ3) is 4.59. The van der Waals surface area contributed by atoms with Gasteiger partial charge in [0.05, 0.1) is 12.6 Å². The molecule has 0 saturated heterocycles. The van der Waals surface area contributed by atoms with Crippen molar-refractivity contribution in [1.29, 1.82) is 0 Å². The number of hydrogen-bond acceptors (Lipinski definition) is 4. The first-order chi connectivity index (χ1) is 14.5. The van der Waals surface area contributed by atoms with Gasteiger partial charge in [-0.25, -0.2) is 9.18 Å². The highest BCUT2D eigenvalue weighted by atomic mass is 19.1. The molecule has 7 nitrogen and oxygen atoms in total. The Kier molecular flexibility index (Phi) is 5.65. The second-order valence-corrected chi connectivity index (χ2v) is 7.60. The molecule has 2 aromatic rings. The standard InChI is InChI=1S/C22H22FN3O4/c23-17-6-3-15(4-7-17)20(25-22(29)24-13-27)11-26-10-16-5-8-18(9-19(16)21(26)28)30-12-14-1-2-14/h3-9,13-14,20H,1-2,10-12H2,(H2,24,25,27,29)/t20-/m0/s1. The second kappa shape index (κ2) is 8.52. The minimum atomic E-state index is -0.695. The maximum atomic E-state index is 13.3. The van der Waals surface area contributed by atoms with E-state index in [1.807, 2.05) is 17.4 Å². The normalized spacial score (nSPS) is 16.0. The maximum absolute atomic E-state index is 13.3. The number of nitrogens with one attached hydrogen (secondary N) is 2. The fraction of sp³-hybridized carbons (Fsp3) is 0.318. The molecule has 8 heteroatoms. The van der Waals surface area contributed by atoms with Gasteiger partial charge in [-0.2, -0.15) is 0 Å². The van der Waals surface area contributed by atoms with E-state index >= 15 is 0 Å². The summed E-state index contributed by atoms with van der Waals surface area (Å²) >= 11 is 0. The molecule has 1 atom stereocenters. The largest absolute Gasteiger partial charge is 0.493 e. The summed E-state index contributed by atoms with van der Waals surface area (Å²) in [6, 6.07) is 9.85. The SMILES string of the molecule is O=CNC(=O)N[C@@H](CN1Cc2ccc(OCC3CC3)cc2C1=O)c1ccc(F)cc1.